The fourth-order valence-electron chi connectivity index (χ4n) is 2.71. The van der Waals surface area contributed by atoms with Gasteiger partial charge in [-0.25, -0.2) is 14.6 Å². The highest BCUT2D eigenvalue weighted by molar-refractivity contribution is 9.10. The first-order valence-corrected chi connectivity index (χ1v) is 12.5. The monoisotopic (exact) mass is 574 g/mol. The Kier molecular flexibility index (Phi) is 9.59. The van der Waals surface area contributed by atoms with Gasteiger partial charge in [0.15, 0.2) is 5.69 Å². The van der Waals surface area contributed by atoms with Crippen molar-refractivity contribution in [1.82, 2.24) is 25.0 Å². The summed E-state index contributed by atoms with van der Waals surface area (Å²) in [5, 5.41) is 40.1. The number of thioether (sulfide) groups is 1. The molecule has 176 valence electrons. The van der Waals surface area contributed by atoms with E-state index >= 15 is 0 Å². The Balaban J connectivity index is 1.86. The normalized spacial score (nSPS) is 15.1. The summed E-state index contributed by atoms with van der Waals surface area (Å²) in [5.74, 6) is 0. The zero-order valence-electron chi connectivity index (χ0n) is 17.5. The predicted octanol–water partition coefficient (Wildman–Crippen LogP) is 2.98. The van der Waals surface area contributed by atoms with E-state index in [9.17, 15) is 15.5 Å². The van der Waals surface area contributed by atoms with Crippen LogP contribution in [0.3, 0.4) is 0 Å². The Morgan fingerprint density at radius 3 is 2.82 bits per heavy atom. The number of hydrogen-bond acceptors (Lipinski definition) is 11. The Morgan fingerprint density at radius 1 is 1.42 bits per heavy atom. The lowest BCUT2D eigenvalue weighted by atomic mass is 10.2. The van der Waals surface area contributed by atoms with Crippen molar-refractivity contribution >= 4 is 50.6 Å². The van der Waals surface area contributed by atoms with Crippen molar-refractivity contribution in [2.75, 3.05) is 13.7 Å². The molecule has 0 aromatic carbocycles. The number of nitriles is 1. The number of rotatable bonds is 11. The van der Waals surface area contributed by atoms with E-state index < -0.39 is 30.4 Å². The molecular weight excluding hydrogens is 556 g/mol. The fraction of sp³-hybridized carbons (Fsp3) is 0.421. The highest BCUT2D eigenvalue weighted by atomic mass is 79.9. The summed E-state index contributed by atoms with van der Waals surface area (Å²) in [7, 11) is 1.51. The molecule has 3 aromatic rings. The summed E-state index contributed by atoms with van der Waals surface area (Å²) in [6.07, 6.45) is 0.847. The average Bonchev–Trinajstić information content (AvgIpc) is 3.43. The highest BCUT2D eigenvalue weighted by Gasteiger charge is 2.30. The van der Waals surface area contributed by atoms with Gasteiger partial charge in [-0.2, -0.15) is 5.26 Å². The first-order chi connectivity index (χ1) is 15.8. The van der Waals surface area contributed by atoms with Crippen LogP contribution in [-0.4, -0.2) is 72.6 Å². The molecule has 0 aliphatic rings. The maximum atomic E-state index is 10.00. The van der Waals surface area contributed by atoms with E-state index in [1.807, 2.05) is 0 Å². The van der Waals surface area contributed by atoms with E-state index in [1.165, 1.54) is 43.3 Å². The molecule has 14 heteroatoms. The molecule has 0 radical (unpaired) electrons. The Hall–Kier alpha value is -1.63. The number of ether oxygens (including phenoxy) is 2. The SMILES string of the molecule is CO[C@@H](Cn1cc(-c2nc(Cl)cs2)nn1)C(OC(CO)[C@@H](C)O)Sc1cc(Br)cnc1C#N. The van der Waals surface area contributed by atoms with Crippen LogP contribution in [-0.2, 0) is 16.0 Å². The van der Waals surface area contributed by atoms with Gasteiger partial charge in [-0.15, -0.1) is 16.4 Å². The number of aliphatic hydroxyl groups excluding tert-OH is 2. The van der Waals surface area contributed by atoms with Crippen LogP contribution in [0.4, 0.5) is 0 Å². The Morgan fingerprint density at radius 2 is 2.21 bits per heavy atom. The number of aromatic nitrogens is 5. The summed E-state index contributed by atoms with van der Waals surface area (Å²) < 4.78 is 14.0. The van der Waals surface area contributed by atoms with Gasteiger partial charge in [-0.1, -0.05) is 28.6 Å². The van der Waals surface area contributed by atoms with Gasteiger partial charge in [0, 0.05) is 28.1 Å². The lowest BCUT2D eigenvalue weighted by Gasteiger charge is -2.30. The molecule has 0 spiro atoms. The van der Waals surface area contributed by atoms with Gasteiger partial charge >= 0.3 is 0 Å². The van der Waals surface area contributed by atoms with Crippen LogP contribution in [0, 0.1) is 11.3 Å². The van der Waals surface area contributed by atoms with E-state index in [-0.39, 0.29) is 12.2 Å². The first-order valence-electron chi connectivity index (χ1n) is 9.55. The van der Waals surface area contributed by atoms with Gasteiger partial charge in [-0.3, -0.25) is 0 Å². The number of pyridine rings is 1. The molecule has 10 nitrogen and oxygen atoms in total. The van der Waals surface area contributed by atoms with Gasteiger partial charge in [0.2, 0.25) is 0 Å². The van der Waals surface area contributed by atoms with Crippen LogP contribution in [0.2, 0.25) is 5.15 Å². The van der Waals surface area contributed by atoms with E-state index in [1.54, 1.807) is 22.3 Å². The summed E-state index contributed by atoms with van der Waals surface area (Å²) >= 11 is 11.8. The van der Waals surface area contributed by atoms with Gasteiger partial charge in [-0.05, 0) is 28.9 Å². The quantitative estimate of drug-likeness (QED) is 0.259. The Bertz CT molecular complexity index is 1110. The van der Waals surface area contributed by atoms with Crippen molar-refractivity contribution in [3.8, 4) is 16.8 Å². The van der Waals surface area contributed by atoms with Gasteiger partial charge in [0.25, 0.3) is 0 Å². The number of hydrogen-bond donors (Lipinski definition) is 2. The number of nitrogens with zero attached hydrogens (tertiary/aromatic N) is 6. The highest BCUT2D eigenvalue weighted by Crippen LogP contribution is 2.33. The van der Waals surface area contributed by atoms with Crippen molar-refractivity contribution in [3.05, 3.63) is 39.2 Å². The van der Waals surface area contributed by atoms with Crippen molar-refractivity contribution in [2.45, 2.75) is 42.1 Å². The summed E-state index contributed by atoms with van der Waals surface area (Å²) in [5.41, 5.74) is 0.0480. The van der Waals surface area contributed by atoms with Gasteiger partial charge in [0.1, 0.15) is 39.6 Å². The number of aliphatic hydroxyl groups is 2. The molecule has 0 amide bonds. The molecule has 0 bridgehead atoms. The minimum atomic E-state index is -0.931. The molecule has 0 aliphatic carbocycles. The van der Waals surface area contributed by atoms with E-state index in [0.717, 1.165) is 0 Å². The van der Waals surface area contributed by atoms with Crippen LogP contribution in [0.1, 0.15) is 12.6 Å². The molecule has 0 saturated heterocycles. The van der Waals surface area contributed by atoms with Crippen LogP contribution < -0.4 is 0 Å². The third kappa shape index (κ3) is 6.93. The largest absolute Gasteiger partial charge is 0.394 e. The standard InChI is InChI=1S/C19H20BrClN6O4S2/c1-10(29)15(8-28)31-19(33-16-3-11(20)5-23-12(16)4-22)14(30-2)7-27-6-13(25-26-27)18-24-17(21)9-32-18/h3,5-6,9-10,14-15,19,28-29H,7-8H2,1-2H3/t10-,14+,15?,19?/m1/s1. The topological polar surface area (TPSA) is 139 Å². The molecule has 2 N–H and O–H groups in total. The molecule has 0 saturated carbocycles. The van der Waals surface area contributed by atoms with Crippen molar-refractivity contribution < 1.29 is 19.7 Å². The van der Waals surface area contributed by atoms with E-state index in [0.29, 0.717) is 25.2 Å². The van der Waals surface area contributed by atoms with Crippen LogP contribution in [0.25, 0.3) is 10.7 Å². The molecule has 4 atom stereocenters. The Labute approximate surface area is 211 Å². The number of halogens is 2. The molecule has 0 fully saturated rings. The molecular formula is C19H20BrClN6O4S2. The summed E-state index contributed by atoms with van der Waals surface area (Å²) in [6, 6.07) is 3.80. The minimum absolute atomic E-state index is 0.216. The average molecular weight is 576 g/mol. The first kappa shape index (κ1) is 26.0. The zero-order valence-corrected chi connectivity index (χ0v) is 21.5. The number of methoxy groups -OCH3 is 1. The lowest BCUT2D eigenvalue weighted by Crippen LogP contribution is -2.40. The third-order valence-electron chi connectivity index (χ3n) is 4.40. The van der Waals surface area contributed by atoms with Gasteiger partial charge in [0.05, 0.1) is 25.5 Å². The minimum Gasteiger partial charge on any atom is -0.394 e. The van der Waals surface area contributed by atoms with E-state index in [2.05, 4.69) is 42.3 Å². The summed E-state index contributed by atoms with van der Waals surface area (Å²) in [4.78, 5) is 8.87. The van der Waals surface area contributed by atoms with Gasteiger partial charge < -0.3 is 19.7 Å². The smallest absolute Gasteiger partial charge is 0.154 e. The van der Waals surface area contributed by atoms with E-state index in [4.69, 9.17) is 21.1 Å². The van der Waals surface area contributed by atoms with Crippen LogP contribution in [0.15, 0.2) is 33.2 Å². The molecule has 3 aromatic heterocycles. The second-order valence-electron chi connectivity index (χ2n) is 6.77. The van der Waals surface area contributed by atoms with Crippen molar-refractivity contribution in [3.63, 3.8) is 0 Å². The van der Waals surface area contributed by atoms with Crippen molar-refractivity contribution in [2.24, 2.45) is 0 Å². The predicted molar refractivity (Wildman–Crippen MR) is 127 cm³/mol. The zero-order chi connectivity index (χ0) is 24.0. The second kappa shape index (κ2) is 12.2. The molecule has 2 unspecified atom stereocenters. The third-order valence-corrected chi connectivity index (χ3v) is 7.24. The summed E-state index contributed by atoms with van der Waals surface area (Å²) in [6.45, 7) is 1.36. The molecule has 0 aliphatic heterocycles. The molecule has 3 heterocycles. The maximum absolute atomic E-state index is 10.00. The maximum Gasteiger partial charge on any atom is 0.154 e. The van der Waals surface area contributed by atoms with Crippen LogP contribution >= 0.6 is 50.6 Å². The number of thiazole rings is 1. The molecule has 3 rings (SSSR count). The second-order valence-corrected chi connectivity index (χ2v) is 10.1. The van der Waals surface area contributed by atoms with Crippen molar-refractivity contribution in [1.29, 1.82) is 5.26 Å². The molecule has 33 heavy (non-hydrogen) atoms. The van der Waals surface area contributed by atoms with Crippen LogP contribution in [0.5, 0.6) is 0 Å². The lowest BCUT2D eigenvalue weighted by molar-refractivity contribution is -0.105. The fourth-order valence-corrected chi connectivity index (χ4v) is 5.29.